The molecule has 1 amide bonds. The Morgan fingerprint density at radius 1 is 1.20 bits per heavy atom. The van der Waals surface area contributed by atoms with Gasteiger partial charge in [-0.3, -0.25) is 4.79 Å². The molecule has 0 spiro atoms. The molecule has 0 heterocycles. The van der Waals surface area contributed by atoms with E-state index in [2.05, 4.69) is 4.90 Å². The normalized spacial score (nSPS) is 18.1. The van der Waals surface area contributed by atoms with Gasteiger partial charge >= 0.3 is 0 Å². The van der Waals surface area contributed by atoms with Gasteiger partial charge < -0.3 is 4.90 Å². The van der Waals surface area contributed by atoms with E-state index >= 15 is 0 Å². The molecule has 2 fully saturated rings. The lowest BCUT2D eigenvalue weighted by atomic mass is 10.1. The van der Waals surface area contributed by atoms with Crippen LogP contribution in [0.25, 0.3) is 0 Å². The molecule has 0 bridgehead atoms. The van der Waals surface area contributed by atoms with Crippen molar-refractivity contribution in [3.05, 3.63) is 33.8 Å². The quantitative estimate of drug-likeness (QED) is 0.766. The van der Waals surface area contributed by atoms with Gasteiger partial charge in [0.25, 0.3) is 0 Å². The van der Waals surface area contributed by atoms with Gasteiger partial charge in [-0.1, -0.05) is 35.3 Å². The summed E-state index contributed by atoms with van der Waals surface area (Å²) in [7, 11) is 0. The molecule has 2 saturated carbocycles. The van der Waals surface area contributed by atoms with Gasteiger partial charge in [-0.05, 0) is 49.7 Å². The summed E-state index contributed by atoms with van der Waals surface area (Å²) in [6.45, 7) is 0.965. The molecule has 2 aliphatic rings. The highest BCUT2D eigenvalue weighted by molar-refractivity contribution is 6.42. The molecular weight excluding hydrogens is 293 g/mol. The molecule has 0 atom stereocenters. The number of carbonyl (C=O) groups is 1. The van der Waals surface area contributed by atoms with Gasteiger partial charge in [0, 0.05) is 19.0 Å². The van der Waals surface area contributed by atoms with Gasteiger partial charge in [0.2, 0.25) is 5.91 Å². The molecule has 1 aromatic carbocycles. The topological polar surface area (TPSA) is 20.3 Å². The average Bonchev–Trinajstić information content (AvgIpc) is 3.29. The van der Waals surface area contributed by atoms with Crippen molar-refractivity contribution in [1.82, 2.24) is 4.90 Å². The van der Waals surface area contributed by atoms with E-state index in [0.29, 0.717) is 28.9 Å². The fourth-order valence-corrected chi connectivity index (χ4v) is 2.96. The molecule has 3 rings (SSSR count). The minimum Gasteiger partial charge on any atom is -0.339 e. The van der Waals surface area contributed by atoms with Crippen LogP contribution < -0.4 is 0 Å². The predicted molar refractivity (Wildman–Crippen MR) is 82.2 cm³/mol. The Bertz CT molecular complexity index is 509. The van der Waals surface area contributed by atoms with E-state index in [1.807, 2.05) is 12.1 Å². The Morgan fingerprint density at radius 3 is 2.60 bits per heavy atom. The van der Waals surface area contributed by atoms with Crippen LogP contribution in [0.4, 0.5) is 0 Å². The van der Waals surface area contributed by atoms with Crippen molar-refractivity contribution in [3.63, 3.8) is 0 Å². The van der Waals surface area contributed by atoms with Crippen LogP contribution in [0.15, 0.2) is 18.2 Å². The number of benzene rings is 1. The lowest BCUT2D eigenvalue weighted by Gasteiger charge is -2.22. The molecule has 0 radical (unpaired) electrons. The van der Waals surface area contributed by atoms with Gasteiger partial charge in [0.15, 0.2) is 0 Å². The van der Waals surface area contributed by atoms with Crippen LogP contribution >= 0.6 is 23.2 Å². The molecule has 2 nitrogen and oxygen atoms in total. The van der Waals surface area contributed by atoms with E-state index in [0.717, 1.165) is 18.0 Å². The number of halogens is 2. The van der Waals surface area contributed by atoms with E-state index in [1.165, 1.54) is 25.7 Å². The molecule has 108 valence electrons. The number of rotatable bonds is 6. The standard InChI is InChI=1S/C16H19Cl2NO/c17-14-3-1-2-12(16(14)18)6-9-15(20)19(13-7-8-13)10-11-4-5-11/h1-3,11,13H,4-10H2. The third kappa shape index (κ3) is 3.48. The second kappa shape index (κ2) is 5.95. The van der Waals surface area contributed by atoms with Crippen LogP contribution in [-0.2, 0) is 11.2 Å². The first-order chi connectivity index (χ1) is 9.65. The predicted octanol–water partition coefficient (Wildman–Crippen LogP) is 4.33. The zero-order chi connectivity index (χ0) is 14.1. The molecule has 0 N–H and O–H groups in total. The summed E-state index contributed by atoms with van der Waals surface area (Å²) in [5, 5.41) is 1.15. The van der Waals surface area contributed by atoms with E-state index in [1.54, 1.807) is 6.07 Å². The first-order valence-electron chi connectivity index (χ1n) is 7.37. The van der Waals surface area contributed by atoms with E-state index in [4.69, 9.17) is 23.2 Å². The molecule has 20 heavy (non-hydrogen) atoms. The van der Waals surface area contributed by atoms with Crippen LogP contribution in [-0.4, -0.2) is 23.4 Å². The van der Waals surface area contributed by atoms with Crippen molar-refractivity contribution in [1.29, 1.82) is 0 Å². The molecule has 0 saturated heterocycles. The van der Waals surface area contributed by atoms with Gasteiger partial charge in [-0.25, -0.2) is 0 Å². The van der Waals surface area contributed by atoms with E-state index in [-0.39, 0.29) is 5.91 Å². The summed E-state index contributed by atoms with van der Waals surface area (Å²) in [5.74, 6) is 1.03. The lowest BCUT2D eigenvalue weighted by molar-refractivity contribution is -0.132. The maximum atomic E-state index is 12.4. The van der Waals surface area contributed by atoms with Crippen molar-refractivity contribution in [3.8, 4) is 0 Å². The average molecular weight is 312 g/mol. The molecular formula is C16H19Cl2NO. The zero-order valence-electron chi connectivity index (χ0n) is 11.4. The van der Waals surface area contributed by atoms with Crippen molar-refractivity contribution < 1.29 is 4.79 Å². The largest absolute Gasteiger partial charge is 0.339 e. The number of carbonyl (C=O) groups excluding carboxylic acids is 1. The second-order valence-corrected chi connectivity index (χ2v) is 6.72. The smallest absolute Gasteiger partial charge is 0.223 e. The Balaban J connectivity index is 1.58. The summed E-state index contributed by atoms with van der Waals surface area (Å²) in [6.07, 6.45) is 6.13. The van der Waals surface area contributed by atoms with E-state index < -0.39 is 0 Å². The Morgan fingerprint density at radius 2 is 1.95 bits per heavy atom. The summed E-state index contributed by atoms with van der Waals surface area (Å²) in [5.41, 5.74) is 0.967. The first-order valence-corrected chi connectivity index (χ1v) is 8.13. The number of hydrogen-bond donors (Lipinski definition) is 0. The third-order valence-corrected chi connectivity index (χ3v) is 4.96. The number of aryl methyl sites for hydroxylation is 1. The van der Waals surface area contributed by atoms with E-state index in [9.17, 15) is 4.79 Å². The molecule has 0 aliphatic heterocycles. The van der Waals surface area contributed by atoms with Crippen molar-refractivity contribution in [2.45, 2.75) is 44.6 Å². The highest BCUT2D eigenvalue weighted by Crippen LogP contribution is 2.35. The minimum absolute atomic E-state index is 0.274. The number of amides is 1. The summed E-state index contributed by atoms with van der Waals surface area (Å²) >= 11 is 12.2. The van der Waals surface area contributed by atoms with Crippen LogP contribution in [0, 0.1) is 5.92 Å². The Kier molecular flexibility index (Phi) is 4.23. The van der Waals surface area contributed by atoms with Gasteiger partial charge in [0.1, 0.15) is 0 Å². The molecule has 1 aromatic rings. The Hall–Kier alpha value is -0.730. The van der Waals surface area contributed by atoms with Crippen molar-refractivity contribution in [2.75, 3.05) is 6.54 Å². The Labute approximate surface area is 130 Å². The number of nitrogens with zero attached hydrogens (tertiary/aromatic N) is 1. The highest BCUT2D eigenvalue weighted by Gasteiger charge is 2.36. The highest BCUT2D eigenvalue weighted by atomic mass is 35.5. The number of hydrogen-bond acceptors (Lipinski definition) is 1. The van der Waals surface area contributed by atoms with Crippen molar-refractivity contribution in [2.24, 2.45) is 5.92 Å². The second-order valence-electron chi connectivity index (χ2n) is 5.93. The minimum atomic E-state index is 0.274. The van der Waals surface area contributed by atoms with Gasteiger partial charge in [-0.2, -0.15) is 0 Å². The monoisotopic (exact) mass is 311 g/mol. The molecule has 0 aromatic heterocycles. The fraction of sp³-hybridized carbons (Fsp3) is 0.562. The van der Waals surface area contributed by atoms with Gasteiger partial charge in [-0.15, -0.1) is 0 Å². The fourth-order valence-electron chi connectivity index (χ4n) is 2.55. The van der Waals surface area contributed by atoms with Crippen LogP contribution in [0.1, 0.15) is 37.7 Å². The summed E-state index contributed by atoms with van der Waals surface area (Å²) in [6, 6.07) is 6.12. The molecule has 4 heteroatoms. The maximum absolute atomic E-state index is 12.4. The lowest BCUT2D eigenvalue weighted by Crippen LogP contribution is -2.35. The summed E-state index contributed by atoms with van der Waals surface area (Å²) in [4.78, 5) is 14.5. The summed E-state index contributed by atoms with van der Waals surface area (Å²) < 4.78 is 0. The molecule has 0 unspecified atom stereocenters. The maximum Gasteiger partial charge on any atom is 0.223 e. The first kappa shape index (κ1) is 14.2. The SMILES string of the molecule is O=C(CCc1cccc(Cl)c1Cl)N(CC1CC1)C1CC1. The van der Waals surface area contributed by atoms with Crippen molar-refractivity contribution >= 4 is 29.1 Å². The molecule has 2 aliphatic carbocycles. The van der Waals surface area contributed by atoms with Gasteiger partial charge in [0.05, 0.1) is 10.0 Å². The van der Waals surface area contributed by atoms with Crippen LogP contribution in [0.3, 0.4) is 0 Å². The zero-order valence-corrected chi connectivity index (χ0v) is 13.0. The van der Waals surface area contributed by atoms with Crippen LogP contribution in [0.5, 0.6) is 0 Å². The van der Waals surface area contributed by atoms with Crippen LogP contribution in [0.2, 0.25) is 10.0 Å². The third-order valence-electron chi connectivity index (χ3n) is 4.10.